The monoisotopic (exact) mass is 317 g/mol. The molecule has 0 aliphatic rings. The standard InChI is InChI=1S/C16H16ClN3S/c1-3-12-8-13-14(19-16(17)20-15(13)21-12)18-9-11-6-4-10(2)5-7-11/h4-8H,3,9H2,1-2H3,(H,18,19,20). The maximum atomic E-state index is 6.02. The van der Waals surface area contributed by atoms with E-state index in [2.05, 4.69) is 59.5 Å². The molecule has 0 saturated heterocycles. The van der Waals surface area contributed by atoms with Gasteiger partial charge < -0.3 is 5.32 Å². The van der Waals surface area contributed by atoms with Crippen molar-refractivity contribution in [3.63, 3.8) is 0 Å². The van der Waals surface area contributed by atoms with Crippen LogP contribution >= 0.6 is 22.9 Å². The predicted molar refractivity (Wildman–Crippen MR) is 90.3 cm³/mol. The van der Waals surface area contributed by atoms with Gasteiger partial charge in [-0.05, 0) is 36.6 Å². The van der Waals surface area contributed by atoms with Crippen LogP contribution in [0, 0.1) is 6.92 Å². The second-order valence-electron chi connectivity index (χ2n) is 4.97. The summed E-state index contributed by atoms with van der Waals surface area (Å²) in [7, 11) is 0. The highest BCUT2D eigenvalue weighted by Gasteiger charge is 2.10. The topological polar surface area (TPSA) is 37.8 Å². The molecule has 5 heteroatoms. The highest BCUT2D eigenvalue weighted by molar-refractivity contribution is 7.18. The smallest absolute Gasteiger partial charge is 0.225 e. The second-order valence-corrected chi connectivity index (χ2v) is 6.42. The van der Waals surface area contributed by atoms with Crippen LogP contribution in [0.4, 0.5) is 5.82 Å². The van der Waals surface area contributed by atoms with Gasteiger partial charge in [0.15, 0.2) is 0 Å². The fourth-order valence-corrected chi connectivity index (χ4v) is 3.33. The van der Waals surface area contributed by atoms with Crippen molar-refractivity contribution in [1.82, 2.24) is 9.97 Å². The summed E-state index contributed by atoms with van der Waals surface area (Å²) in [5.41, 5.74) is 2.48. The van der Waals surface area contributed by atoms with E-state index in [9.17, 15) is 0 Å². The highest BCUT2D eigenvalue weighted by atomic mass is 35.5. The van der Waals surface area contributed by atoms with Crippen LogP contribution < -0.4 is 5.32 Å². The van der Waals surface area contributed by atoms with Crippen molar-refractivity contribution in [2.45, 2.75) is 26.8 Å². The van der Waals surface area contributed by atoms with Gasteiger partial charge in [0, 0.05) is 11.4 Å². The molecule has 0 aliphatic carbocycles. The Morgan fingerprint density at radius 1 is 1.19 bits per heavy atom. The van der Waals surface area contributed by atoms with E-state index in [4.69, 9.17) is 11.6 Å². The molecule has 2 heterocycles. The largest absolute Gasteiger partial charge is 0.365 e. The molecule has 0 bridgehead atoms. The van der Waals surface area contributed by atoms with Crippen molar-refractivity contribution in [1.29, 1.82) is 0 Å². The molecule has 0 amide bonds. The van der Waals surface area contributed by atoms with E-state index in [0.717, 1.165) is 29.0 Å². The van der Waals surface area contributed by atoms with E-state index < -0.39 is 0 Å². The lowest BCUT2D eigenvalue weighted by molar-refractivity contribution is 1.10. The van der Waals surface area contributed by atoms with Gasteiger partial charge >= 0.3 is 0 Å². The number of nitrogens with zero attached hydrogens (tertiary/aromatic N) is 2. The summed E-state index contributed by atoms with van der Waals surface area (Å²) in [6.07, 6.45) is 0.996. The first-order chi connectivity index (χ1) is 10.2. The number of benzene rings is 1. The van der Waals surface area contributed by atoms with Crippen molar-refractivity contribution < 1.29 is 0 Å². The Bertz CT molecular complexity index is 765. The quantitative estimate of drug-likeness (QED) is 0.700. The number of rotatable bonds is 4. The number of thiophene rings is 1. The summed E-state index contributed by atoms with van der Waals surface area (Å²) >= 11 is 7.70. The lowest BCUT2D eigenvalue weighted by Gasteiger charge is -2.07. The van der Waals surface area contributed by atoms with Crippen molar-refractivity contribution in [3.8, 4) is 0 Å². The average molecular weight is 318 g/mol. The van der Waals surface area contributed by atoms with Crippen LogP contribution in [0.25, 0.3) is 10.2 Å². The minimum absolute atomic E-state index is 0.290. The fraction of sp³-hybridized carbons (Fsp3) is 0.250. The predicted octanol–water partition coefficient (Wildman–Crippen LogP) is 4.83. The molecule has 0 aliphatic heterocycles. The number of hydrogen-bond donors (Lipinski definition) is 1. The maximum absolute atomic E-state index is 6.02. The summed E-state index contributed by atoms with van der Waals surface area (Å²) in [6, 6.07) is 10.6. The normalized spacial score (nSPS) is 11.0. The van der Waals surface area contributed by atoms with Crippen LogP contribution in [0.3, 0.4) is 0 Å². The van der Waals surface area contributed by atoms with E-state index >= 15 is 0 Å². The second kappa shape index (κ2) is 6.00. The van der Waals surface area contributed by atoms with Crippen LogP contribution in [0.5, 0.6) is 0 Å². The summed E-state index contributed by atoms with van der Waals surface area (Å²) in [6.45, 7) is 4.95. The third kappa shape index (κ3) is 3.17. The number of aryl methyl sites for hydroxylation is 2. The molecule has 21 heavy (non-hydrogen) atoms. The molecule has 0 unspecified atom stereocenters. The van der Waals surface area contributed by atoms with Crippen molar-refractivity contribution in [2.24, 2.45) is 0 Å². The average Bonchev–Trinajstić information content (AvgIpc) is 2.89. The first-order valence-corrected chi connectivity index (χ1v) is 8.10. The molecular formula is C16H16ClN3S. The third-order valence-electron chi connectivity index (χ3n) is 3.35. The van der Waals surface area contributed by atoms with Crippen molar-refractivity contribution in [2.75, 3.05) is 5.32 Å². The van der Waals surface area contributed by atoms with E-state index in [1.807, 2.05) is 0 Å². The van der Waals surface area contributed by atoms with Crippen molar-refractivity contribution >= 4 is 39.0 Å². The Hall–Kier alpha value is -1.65. The number of anilines is 1. The molecule has 108 valence electrons. The van der Waals surface area contributed by atoms with E-state index in [1.54, 1.807) is 11.3 Å². The van der Waals surface area contributed by atoms with Gasteiger partial charge in [0.2, 0.25) is 5.28 Å². The van der Waals surface area contributed by atoms with Crippen LogP contribution in [0.1, 0.15) is 22.9 Å². The summed E-state index contributed by atoms with van der Waals surface area (Å²) in [4.78, 5) is 10.9. The Labute approximate surface area is 133 Å². The van der Waals surface area contributed by atoms with Gasteiger partial charge in [-0.1, -0.05) is 36.8 Å². The molecule has 0 fully saturated rings. The minimum Gasteiger partial charge on any atom is -0.365 e. The SMILES string of the molecule is CCc1cc2c(NCc3ccc(C)cc3)nc(Cl)nc2s1. The van der Waals surface area contributed by atoms with Crippen LogP contribution in [-0.2, 0) is 13.0 Å². The van der Waals surface area contributed by atoms with Gasteiger partial charge in [0.1, 0.15) is 10.6 Å². The first kappa shape index (κ1) is 14.3. The molecule has 0 saturated carbocycles. The Kier molecular flexibility index (Phi) is 4.08. The Morgan fingerprint density at radius 3 is 2.67 bits per heavy atom. The molecule has 0 spiro atoms. The Balaban J connectivity index is 1.88. The minimum atomic E-state index is 0.290. The number of hydrogen-bond acceptors (Lipinski definition) is 4. The highest BCUT2D eigenvalue weighted by Crippen LogP contribution is 2.30. The van der Waals surface area contributed by atoms with Gasteiger partial charge in [-0.15, -0.1) is 11.3 Å². The maximum Gasteiger partial charge on any atom is 0.225 e. The van der Waals surface area contributed by atoms with E-state index in [1.165, 1.54) is 16.0 Å². The number of halogens is 1. The lowest BCUT2D eigenvalue weighted by Crippen LogP contribution is -2.02. The molecule has 3 rings (SSSR count). The number of fused-ring (bicyclic) bond motifs is 1. The zero-order valence-corrected chi connectivity index (χ0v) is 13.6. The van der Waals surface area contributed by atoms with Gasteiger partial charge in [-0.25, -0.2) is 9.97 Å². The number of nitrogens with one attached hydrogen (secondary N) is 1. The summed E-state index contributed by atoms with van der Waals surface area (Å²) < 4.78 is 0. The van der Waals surface area contributed by atoms with Gasteiger partial charge in [0.25, 0.3) is 0 Å². The molecule has 0 atom stereocenters. The molecule has 0 radical (unpaired) electrons. The zero-order chi connectivity index (χ0) is 14.8. The van der Waals surface area contributed by atoms with Gasteiger partial charge in [0.05, 0.1) is 5.39 Å². The zero-order valence-electron chi connectivity index (χ0n) is 12.0. The van der Waals surface area contributed by atoms with Gasteiger partial charge in [-0.2, -0.15) is 0 Å². The lowest BCUT2D eigenvalue weighted by atomic mass is 10.1. The molecular weight excluding hydrogens is 302 g/mol. The van der Waals surface area contributed by atoms with Crippen LogP contribution in [-0.4, -0.2) is 9.97 Å². The summed E-state index contributed by atoms with van der Waals surface area (Å²) in [5.74, 6) is 0.807. The number of aromatic nitrogens is 2. The molecule has 1 N–H and O–H groups in total. The van der Waals surface area contributed by atoms with Gasteiger partial charge in [-0.3, -0.25) is 0 Å². The summed E-state index contributed by atoms with van der Waals surface area (Å²) in [5, 5.41) is 4.71. The third-order valence-corrected chi connectivity index (χ3v) is 4.69. The molecule has 3 nitrogen and oxygen atoms in total. The van der Waals surface area contributed by atoms with Crippen LogP contribution in [0.15, 0.2) is 30.3 Å². The molecule has 2 aromatic heterocycles. The fourth-order valence-electron chi connectivity index (χ4n) is 2.15. The van der Waals surface area contributed by atoms with E-state index in [-0.39, 0.29) is 0 Å². The van der Waals surface area contributed by atoms with E-state index in [0.29, 0.717) is 5.28 Å². The first-order valence-electron chi connectivity index (χ1n) is 6.91. The molecule has 3 aromatic rings. The Morgan fingerprint density at radius 2 is 1.95 bits per heavy atom. The molecule has 1 aromatic carbocycles. The van der Waals surface area contributed by atoms with Crippen LogP contribution in [0.2, 0.25) is 5.28 Å². The van der Waals surface area contributed by atoms with Crippen molar-refractivity contribution in [3.05, 3.63) is 51.6 Å².